The van der Waals surface area contributed by atoms with Crippen LogP contribution in [0.15, 0.2) is 18.3 Å². The summed E-state index contributed by atoms with van der Waals surface area (Å²) < 4.78 is 5.95. The maximum absolute atomic E-state index is 5.95. The summed E-state index contributed by atoms with van der Waals surface area (Å²) in [5.74, 6) is 1.64. The third kappa shape index (κ3) is 5.49. The molecule has 1 atom stereocenters. The van der Waals surface area contributed by atoms with Crippen molar-refractivity contribution in [3.63, 3.8) is 0 Å². The van der Waals surface area contributed by atoms with Gasteiger partial charge in [0.1, 0.15) is 5.75 Å². The van der Waals surface area contributed by atoms with E-state index in [9.17, 15) is 0 Å². The molecule has 0 saturated heterocycles. The van der Waals surface area contributed by atoms with E-state index < -0.39 is 0 Å². The topological polar surface area (TPSA) is 34.1 Å². The van der Waals surface area contributed by atoms with Crippen LogP contribution in [0.5, 0.6) is 5.75 Å². The highest BCUT2D eigenvalue weighted by Gasteiger charge is 2.20. The van der Waals surface area contributed by atoms with Crippen molar-refractivity contribution >= 4 is 0 Å². The molecule has 112 valence electrons. The smallest absolute Gasteiger partial charge is 0.122 e. The summed E-state index contributed by atoms with van der Waals surface area (Å²) in [5.41, 5.74) is 1.08. The Hall–Kier alpha value is -1.09. The Bertz CT molecular complexity index is 390. The first-order chi connectivity index (χ1) is 9.81. The quantitative estimate of drug-likeness (QED) is 0.703. The highest BCUT2D eigenvalue weighted by molar-refractivity contribution is 5.22. The fraction of sp³-hybridized carbons (Fsp3) is 0.706. The van der Waals surface area contributed by atoms with E-state index in [4.69, 9.17) is 4.74 Å². The van der Waals surface area contributed by atoms with Gasteiger partial charge in [-0.1, -0.05) is 33.1 Å². The van der Waals surface area contributed by atoms with Crippen molar-refractivity contribution in [1.82, 2.24) is 10.3 Å². The van der Waals surface area contributed by atoms with Crippen LogP contribution in [0.4, 0.5) is 0 Å². The van der Waals surface area contributed by atoms with E-state index in [-0.39, 0.29) is 0 Å². The van der Waals surface area contributed by atoms with Gasteiger partial charge in [0.05, 0.1) is 12.3 Å². The fourth-order valence-electron chi connectivity index (χ4n) is 2.29. The van der Waals surface area contributed by atoms with Crippen molar-refractivity contribution in [1.29, 1.82) is 0 Å². The van der Waals surface area contributed by atoms with E-state index in [0.29, 0.717) is 5.92 Å². The summed E-state index contributed by atoms with van der Waals surface area (Å²) in [6, 6.07) is 4.76. The van der Waals surface area contributed by atoms with Crippen LogP contribution in [-0.2, 0) is 6.54 Å². The molecule has 1 aromatic rings. The lowest BCUT2D eigenvalue weighted by atomic mass is 10.0. The minimum absolute atomic E-state index is 0.677. The van der Waals surface area contributed by atoms with Crippen LogP contribution in [0.25, 0.3) is 0 Å². The van der Waals surface area contributed by atoms with Crippen molar-refractivity contribution in [2.24, 2.45) is 5.92 Å². The second kappa shape index (κ2) is 8.25. The van der Waals surface area contributed by atoms with Crippen LogP contribution in [0.3, 0.4) is 0 Å². The third-order valence-corrected chi connectivity index (χ3v) is 3.97. The fourth-order valence-corrected chi connectivity index (χ4v) is 2.29. The van der Waals surface area contributed by atoms with Gasteiger partial charge < -0.3 is 10.1 Å². The predicted octanol–water partition coefficient (Wildman–Crippen LogP) is 3.93. The number of unbranched alkanes of at least 4 members (excludes halogenated alkanes) is 1. The summed E-state index contributed by atoms with van der Waals surface area (Å²) in [7, 11) is 0. The molecular formula is C17H28N2O. The monoisotopic (exact) mass is 276 g/mol. The van der Waals surface area contributed by atoms with Crippen molar-refractivity contribution in [3.05, 3.63) is 24.0 Å². The lowest BCUT2D eigenvalue weighted by Crippen LogP contribution is -2.16. The van der Waals surface area contributed by atoms with Crippen LogP contribution in [0, 0.1) is 5.92 Å². The molecule has 0 amide bonds. The summed E-state index contributed by atoms with van der Waals surface area (Å²) in [6.07, 6.45) is 9.51. The minimum Gasteiger partial charge on any atom is -0.493 e. The Morgan fingerprint density at radius 1 is 1.40 bits per heavy atom. The normalized spacial score (nSPS) is 16.1. The van der Waals surface area contributed by atoms with Gasteiger partial charge >= 0.3 is 0 Å². The van der Waals surface area contributed by atoms with Crippen LogP contribution >= 0.6 is 0 Å². The predicted molar refractivity (Wildman–Crippen MR) is 82.9 cm³/mol. The van der Waals surface area contributed by atoms with E-state index in [0.717, 1.165) is 30.6 Å². The molecule has 0 aliphatic heterocycles. The standard InChI is InChI=1S/C17H28N2O/c1-3-5-6-14(4-2)13-20-17-9-10-18-16(11-17)12-19-15-7-8-15/h9-11,14-15,19H,3-8,12-13H2,1-2H3. The van der Waals surface area contributed by atoms with E-state index in [2.05, 4.69) is 30.2 Å². The Kier molecular flexibility index (Phi) is 6.31. The molecule has 0 radical (unpaired) electrons. The number of nitrogens with one attached hydrogen (secondary N) is 1. The molecule has 0 spiro atoms. The molecule has 0 aromatic carbocycles. The van der Waals surface area contributed by atoms with Gasteiger partial charge in [0.25, 0.3) is 0 Å². The van der Waals surface area contributed by atoms with E-state index in [1.54, 1.807) is 0 Å². The number of nitrogens with zero attached hydrogens (tertiary/aromatic N) is 1. The minimum atomic E-state index is 0.677. The van der Waals surface area contributed by atoms with Gasteiger partial charge in [-0.25, -0.2) is 0 Å². The first kappa shape index (κ1) is 15.3. The summed E-state index contributed by atoms with van der Waals surface area (Å²) in [5, 5.41) is 3.49. The molecule has 1 unspecified atom stereocenters. The first-order valence-corrected chi connectivity index (χ1v) is 8.13. The SMILES string of the molecule is CCCCC(CC)COc1ccnc(CNC2CC2)c1. The van der Waals surface area contributed by atoms with Crippen molar-refractivity contribution in [2.45, 2.75) is 65.0 Å². The van der Waals surface area contributed by atoms with Crippen LogP contribution in [0.2, 0.25) is 0 Å². The molecule has 1 aromatic heterocycles. The zero-order valence-electron chi connectivity index (χ0n) is 12.9. The molecule has 3 heteroatoms. The van der Waals surface area contributed by atoms with E-state index in [1.165, 1.54) is 38.5 Å². The van der Waals surface area contributed by atoms with Crippen LogP contribution in [-0.4, -0.2) is 17.6 Å². The lowest BCUT2D eigenvalue weighted by Gasteiger charge is -2.15. The molecule has 1 aliphatic rings. The van der Waals surface area contributed by atoms with Gasteiger partial charge in [-0.2, -0.15) is 0 Å². The van der Waals surface area contributed by atoms with Gasteiger partial charge in [-0.3, -0.25) is 4.98 Å². The molecule has 1 aliphatic carbocycles. The van der Waals surface area contributed by atoms with E-state index in [1.807, 2.05) is 12.3 Å². The zero-order chi connectivity index (χ0) is 14.2. The summed E-state index contributed by atoms with van der Waals surface area (Å²) in [6.45, 7) is 6.18. The highest BCUT2D eigenvalue weighted by Crippen LogP contribution is 2.20. The van der Waals surface area contributed by atoms with Crippen molar-refractivity contribution in [3.8, 4) is 5.75 Å². The van der Waals surface area contributed by atoms with Gasteiger partial charge in [0.2, 0.25) is 0 Å². The van der Waals surface area contributed by atoms with Gasteiger partial charge in [0.15, 0.2) is 0 Å². The third-order valence-electron chi connectivity index (χ3n) is 3.97. The van der Waals surface area contributed by atoms with Gasteiger partial charge in [-0.05, 0) is 31.2 Å². The number of rotatable bonds is 10. The first-order valence-electron chi connectivity index (χ1n) is 8.13. The molecule has 3 nitrogen and oxygen atoms in total. The number of pyridine rings is 1. The van der Waals surface area contributed by atoms with E-state index >= 15 is 0 Å². The molecule has 20 heavy (non-hydrogen) atoms. The maximum Gasteiger partial charge on any atom is 0.122 e. The molecule has 0 bridgehead atoms. The Labute approximate surface area is 123 Å². The zero-order valence-corrected chi connectivity index (χ0v) is 12.9. The second-order valence-electron chi connectivity index (χ2n) is 5.87. The average Bonchev–Trinajstić information content (AvgIpc) is 3.30. The Morgan fingerprint density at radius 2 is 2.25 bits per heavy atom. The number of ether oxygens (including phenoxy) is 1. The Balaban J connectivity index is 1.77. The lowest BCUT2D eigenvalue weighted by molar-refractivity contribution is 0.233. The molecule has 1 N–H and O–H groups in total. The summed E-state index contributed by atoms with van der Waals surface area (Å²) in [4.78, 5) is 4.39. The van der Waals surface area contributed by atoms with Crippen LogP contribution < -0.4 is 10.1 Å². The molecule has 1 fully saturated rings. The molecule has 1 heterocycles. The highest BCUT2D eigenvalue weighted by atomic mass is 16.5. The van der Waals surface area contributed by atoms with Crippen molar-refractivity contribution < 1.29 is 4.74 Å². The van der Waals surface area contributed by atoms with Crippen molar-refractivity contribution in [2.75, 3.05) is 6.61 Å². The van der Waals surface area contributed by atoms with Crippen LogP contribution in [0.1, 0.15) is 58.1 Å². The average molecular weight is 276 g/mol. The second-order valence-corrected chi connectivity index (χ2v) is 5.87. The largest absolute Gasteiger partial charge is 0.493 e. The number of aromatic nitrogens is 1. The molecular weight excluding hydrogens is 248 g/mol. The van der Waals surface area contributed by atoms with Gasteiger partial charge in [-0.15, -0.1) is 0 Å². The summed E-state index contributed by atoms with van der Waals surface area (Å²) >= 11 is 0. The maximum atomic E-state index is 5.95. The number of hydrogen-bond donors (Lipinski definition) is 1. The number of hydrogen-bond acceptors (Lipinski definition) is 3. The van der Waals surface area contributed by atoms with Gasteiger partial charge in [0, 0.05) is 24.8 Å². The molecule has 2 rings (SSSR count). The molecule has 1 saturated carbocycles. The Morgan fingerprint density at radius 3 is 2.95 bits per heavy atom.